The van der Waals surface area contributed by atoms with Gasteiger partial charge >= 0.3 is 0 Å². The molecule has 0 bridgehead atoms. The summed E-state index contributed by atoms with van der Waals surface area (Å²) < 4.78 is 0. The molecule has 1 aliphatic rings. The molecule has 0 saturated heterocycles. The third-order valence-corrected chi connectivity index (χ3v) is 2.98. The number of hydrogen-bond donors (Lipinski definition) is 2. The van der Waals surface area contributed by atoms with Crippen LogP contribution in [0, 0.1) is 5.92 Å². The molecule has 0 radical (unpaired) electrons. The fourth-order valence-corrected chi connectivity index (χ4v) is 1.86. The van der Waals surface area contributed by atoms with Gasteiger partial charge in [-0.25, -0.2) is 0 Å². The second-order valence-electron chi connectivity index (χ2n) is 4.38. The molecule has 0 unspecified atom stereocenters. The molecule has 1 aromatic carbocycles. The Kier molecular flexibility index (Phi) is 3.75. The largest absolute Gasteiger partial charge is 0.330 e. The molecule has 15 heavy (non-hydrogen) atoms. The van der Waals surface area contributed by atoms with E-state index in [2.05, 4.69) is 29.6 Å². The fourth-order valence-electron chi connectivity index (χ4n) is 1.86. The average molecular weight is 204 g/mol. The average Bonchev–Trinajstić information content (AvgIpc) is 3.05. The number of nitrogens with one attached hydrogen (secondary N) is 1. The van der Waals surface area contributed by atoms with Crippen molar-refractivity contribution in [2.45, 2.75) is 25.8 Å². The first-order chi connectivity index (χ1) is 7.40. The zero-order chi connectivity index (χ0) is 10.5. The summed E-state index contributed by atoms with van der Waals surface area (Å²) in [4.78, 5) is 0. The molecule has 1 saturated carbocycles. The Bertz CT molecular complexity index is 305. The van der Waals surface area contributed by atoms with E-state index < -0.39 is 0 Å². The first-order valence-corrected chi connectivity index (χ1v) is 5.87. The summed E-state index contributed by atoms with van der Waals surface area (Å²) in [5.41, 5.74) is 8.39. The SMILES string of the molecule is NCCc1ccccc1CNCC1CC1. The van der Waals surface area contributed by atoms with Crippen LogP contribution in [0.4, 0.5) is 0 Å². The van der Waals surface area contributed by atoms with Crippen LogP contribution in [0.5, 0.6) is 0 Å². The van der Waals surface area contributed by atoms with Crippen molar-refractivity contribution >= 4 is 0 Å². The molecule has 2 heteroatoms. The topological polar surface area (TPSA) is 38.0 Å². The molecule has 0 aliphatic heterocycles. The predicted octanol–water partition coefficient (Wildman–Crippen LogP) is 1.69. The van der Waals surface area contributed by atoms with E-state index in [1.807, 2.05) is 0 Å². The van der Waals surface area contributed by atoms with E-state index >= 15 is 0 Å². The Morgan fingerprint density at radius 1 is 1.20 bits per heavy atom. The number of rotatable bonds is 6. The number of nitrogens with two attached hydrogens (primary N) is 1. The minimum absolute atomic E-state index is 0.736. The molecule has 1 fully saturated rings. The Labute approximate surface area is 91.9 Å². The van der Waals surface area contributed by atoms with Crippen LogP contribution in [0.1, 0.15) is 24.0 Å². The van der Waals surface area contributed by atoms with Gasteiger partial charge in [0.2, 0.25) is 0 Å². The third-order valence-electron chi connectivity index (χ3n) is 2.98. The van der Waals surface area contributed by atoms with E-state index in [-0.39, 0.29) is 0 Å². The van der Waals surface area contributed by atoms with Crippen molar-refractivity contribution in [2.24, 2.45) is 11.7 Å². The Hall–Kier alpha value is -0.860. The molecule has 82 valence electrons. The van der Waals surface area contributed by atoms with Crippen LogP contribution in [-0.4, -0.2) is 13.1 Å². The predicted molar refractivity (Wildman–Crippen MR) is 63.6 cm³/mol. The molecular weight excluding hydrogens is 184 g/mol. The second-order valence-corrected chi connectivity index (χ2v) is 4.38. The lowest BCUT2D eigenvalue weighted by molar-refractivity contribution is 0.635. The molecule has 0 amide bonds. The molecule has 3 N–H and O–H groups in total. The van der Waals surface area contributed by atoms with E-state index in [1.54, 1.807) is 0 Å². The van der Waals surface area contributed by atoms with Gasteiger partial charge in [-0.1, -0.05) is 24.3 Å². The molecule has 0 heterocycles. The van der Waals surface area contributed by atoms with Crippen molar-refractivity contribution in [2.75, 3.05) is 13.1 Å². The van der Waals surface area contributed by atoms with Gasteiger partial charge < -0.3 is 11.1 Å². The standard InChI is InChI=1S/C13H20N2/c14-8-7-12-3-1-2-4-13(12)10-15-9-11-5-6-11/h1-4,11,15H,5-10,14H2. The van der Waals surface area contributed by atoms with Gasteiger partial charge in [-0.2, -0.15) is 0 Å². The van der Waals surface area contributed by atoms with Crippen LogP contribution in [-0.2, 0) is 13.0 Å². The summed E-state index contributed by atoms with van der Waals surface area (Å²) in [5, 5.41) is 3.52. The molecule has 2 nitrogen and oxygen atoms in total. The van der Waals surface area contributed by atoms with Crippen molar-refractivity contribution < 1.29 is 0 Å². The molecule has 1 aliphatic carbocycles. The molecule has 0 spiro atoms. The highest BCUT2D eigenvalue weighted by molar-refractivity contribution is 5.27. The maximum Gasteiger partial charge on any atom is 0.0208 e. The van der Waals surface area contributed by atoms with Crippen LogP contribution in [0.25, 0.3) is 0 Å². The smallest absolute Gasteiger partial charge is 0.0208 e. The van der Waals surface area contributed by atoms with E-state index in [0.717, 1.165) is 25.4 Å². The van der Waals surface area contributed by atoms with E-state index in [4.69, 9.17) is 5.73 Å². The fraction of sp³-hybridized carbons (Fsp3) is 0.538. The van der Waals surface area contributed by atoms with Crippen LogP contribution < -0.4 is 11.1 Å². The monoisotopic (exact) mass is 204 g/mol. The summed E-state index contributed by atoms with van der Waals surface area (Å²) in [5.74, 6) is 0.951. The van der Waals surface area contributed by atoms with Crippen molar-refractivity contribution in [3.05, 3.63) is 35.4 Å². The van der Waals surface area contributed by atoms with Crippen molar-refractivity contribution in [1.29, 1.82) is 0 Å². The zero-order valence-corrected chi connectivity index (χ0v) is 9.21. The van der Waals surface area contributed by atoms with Crippen molar-refractivity contribution in [3.63, 3.8) is 0 Å². The highest BCUT2D eigenvalue weighted by Crippen LogP contribution is 2.27. The third kappa shape index (κ3) is 3.33. The summed E-state index contributed by atoms with van der Waals surface area (Å²) in [6.07, 6.45) is 3.82. The maximum absolute atomic E-state index is 5.60. The lowest BCUT2D eigenvalue weighted by Crippen LogP contribution is -2.17. The number of hydrogen-bond acceptors (Lipinski definition) is 2. The van der Waals surface area contributed by atoms with Crippen LogP contribution in [0.3, 0.4) is 0 Å². The van der Waals surface area contributed by atoms with Crippen molar-refractivity contribution in [1.82, 2.24) is 5.32 Å². The lowest BCUT2D eigenvalue weighted by atomic mass is 10.0. The maximum atomic E-state index is 5.60. The van der Waals surface area contributed by atoms with Gasteiger partial charge in [-0.15, -0.1) is 0 Å². The van der Waals surface area contributed by atoms with Crippen molar-refractivity contribution in [3.8, 4) is 0 Å². The lowest BCUT2D eigenvalue weighted by Gasteiger charge is -2.09. The zero-order valence-electron chi connectivity index (χ0n) is 9.21. The Balaban J connectivity index is 1.86. The van der Waals surface area contributed by atoms with E-state index in [0.29, 0.717) is 0 Å². The van der Waals surface area contributed by atoms with Gasteiger partial charge in [0.1, 0.15) is 0 Å². The Morgan fingerprint density at radius 3 is 2.60 bits per heavy atom. The van der Waals surface area contributed by atoms with Crippen LogP contribution in [0.15, 0.2) is 24.3 Å². The van der Waals surface area contributed by atoms with E-state index in [1.165, 1.54) is 30.5 Å². The van der Waals surface area contributed by atoms with Gasteiger partial charge in [0.15, 0.2) is 0 Å². The second kappa shape index (κ2) is 5.29. The summed E-state index contributed by atoms with van der Waals surface area (Å²) in [6.45, 7) is 2.91. The van der Waals surface area contributed by atoms with Gasteiger partial charge in [0.25, 0.3) is 0 Å². The normalized spacial score (nSPS) is 15.5. The van der Waals surface area contributed by atoms with E-state index in [9.17, 15) is 0 Å². The highest BCUT2D eigenvalue weighted by atomic mass is 14.9. The molecule has 1 aromatic rings. The van der Waals surface area contributed by atoms with Gasteiger partial charge in [-0.3, -0.25) is 0 Å². The van der Waals surface area contributed by atoms with Crippen LogP contribution in [0.2, 0.25) is 0 Å². The van der Waals surface area contributed by atoms with Gasteiger partial charge in [0, 0.05) is 6.54 Å². The van der Waals surface area contributed by atoms with Gasteiger partial charge in [-0.05, 0) is 49.4 Å². The molecule has 2 rings (SSSR count). The first kappa shape index (κ1) is 10.7. The van der Waals surface area contributed by atoms with Gasteiger partial charge in [0.05, 0.1) is 0 Å². The summed E-state index contributed by atoms with van der Waals surface area (Å²) >= 11 is 0. The van der Waals surface area contributed by atoms with Crippen LogP contribution >= 0.6 is 0 Å². The molecule has 0 aromatic heterocycles. The minimum atomic E-state index is 0.736. The number of benzene rings is 1. The quantitative estimate of drug-likeness (QED) is 0.740. The summed E-state index contributed by atoms with van der Waals surface area (Å²) in [6, 6.07) is 8.58. The minimum Gasteiger partial charge on any atom is -0.330 e. The Morgan fingerprint density at radius 2 is 1.93 bits per heavy atom. The molecular formula is C13H20N2. The first-order valence-electron chi connectivity index (χ1n) is 5.87. The highest BCUT2D eigenvalue weighted by Gasteiger charge is 2.20. The summed E-state index contributed by atoms with van der Waals surface area (Å²) in [7, 11) is 0. The molecule has 0 atom stereocenters.